The highest BCUT2D eigenvalue weighted by atomic mass is 16.5. The first-order valence-corrected chi connectivity index (χ1v) is 8.37. The molecule has 136 valence electrons. The van der Waals surface area contributed by atoms with Crippen LogP contribution in [0.3, 0.4) is 0 Å². The number of carbonyl (C=O) groups is 1. The molecule has 1 heterocycles. The van der Waals surface area contributed by atoms with Gasteiger partial charge in [0.2, 0.25) is 5.91 Å². The van der Waals surface area contributed by atoms with E-state index in [1.54, 1.807) is 21.3 Å². The van der Waals surface area contributed by atoms with Gasteiger partial charge in [0.05, 0.1) is 40.0 Å². The lowest BCUT2D eigenvalue weighted by molar-refractivity contribution is -0.130. The summed E-state index contributed by atoms with van der Waals surface area (Å²) in [5, 5.41) is 6.04. The molecule has 26 heavy (non-hydrogen) atoms. The summed E-state index contributed by atoms with van der Waals surface area (Å²) in [7, 11) is 4.82. The average molecular weight is 354 g/mol. The molecule has 0 radical (unpaired) electrons. The molecule has 0 spiro atoms. The fraction of sp³-hybridized carbons (Fsp3) is 0.300. The summed E-state index contributed by atoms with van der Waals surface area (Å²) >= 11 is 0. The van der Waals surface area contributed by atoms with Gasteiger partial charge in [0.25, 0.3) is 0 Å². The van der Waals surface area contributed by atoms with Gasteiger partial charge in [-0.2, -0.15) is 5.10 Å². The largest absolute Gasteiger partial charge is 0.497 e. The van der Waals surface area contributed by atoms with Crippen molar-refractivity contribution in [3.63, 3.8) is 0 Å². The van der Waals surface area contributed by atoms with E-state index in [9.17, 15) is 4.79 Å². The number of methoxy groups -OCH3 is 3. The summed E-state index contributed by atoms with van der Waals surface area (Å²) in [6, 6.07) is 13.2. The minimum absolute atomic E-state index is 0.0226. The average Bonchev–Trinajstić information content (AvgIpc) is 3.18. The van der Waals surface area contributed by atoms with Crippen LogP contribution in [0.1, 0.15) is 17.5 Å². The van der Waals surface area contributed by atoms with Gasteiger partial charge in [-0.05, 0) is 35.9 Å². The zero-order valence-corrected chi connectivity index (χ0v) is 15.2. The molecular formula is C20H22N2O4. The Kier molecular flexibility index (Phi) is 5.41. The van der Waals surface area contributed by atoms with Gasteiger partial charge in [0.15, 0.2) is 11.5 Å². The Bertz CT molecular complexity index is 815. The number of amides is 1. The van der Waals surface area contributed by atoms with Crippen molar-refractivity contribution in [1.82, 2.24) is 5.01 Å². The van der Waals surface area contributed by atoms with Crippen molar-refractivity contribution in [3.8, 4) is 17.2 Å². The summed E-state index contributed by atoms with van der Waals surface area (Å²) in [5.74, 6) is 2.07. The zero-order chi connectivity index (χ0) is 18.5. The fourth-order valence-corrected chi connectivity index (χ4v) is 2.87. The van der Waals surface area contributed by atoms with E-state index in [1.807, 2.05) is 42.5 Å². The zero-order valence-electron chi connectivity index (χ0n) is 15.2. The molecule has 2 aromatic rings. The van der Waals surface area contributed by atoms with Crippen molar-refractivity contribution in [3.05, 3.63) is 53.6 Å². The third-order valence-corrected chi connectivity index (χ3v) is 4.32. The van der Waals surface area contributed by atoms with Crippen LogP contribution < -0.4 is 14.2 Å². The van der Waals surface area contributed by atoms with Crippen LogP contribution in [0.15, 0.2) is 47.6 Å². The van der Waals surface area contributed by atoms with Crippen molar-refractivity contribution in [2.45, 2.75) is 12.8 Å². The quantitative estimate of drug-likeness (QED) is 0.800. The Hall–Kier alpha value is -3.02. The molecule has 0 saturated heterocycles. The Balaban J connectivity index is 1.71. The first kappa shape index (κ1) is 17.8. The summed E-state index contributed by atoms with van der Waals surface area (Å²) in [6.45, 7) is 0.582. The molecule has 0 unspecified atom stereocenters. The van der Waals surface area contributed by atoms with Gasteiger partial charge in [-0.25, -0.2) is 5.01 Å². The van der Waals surface area contributed by atoms with E-state index in [0.717, 1.165) is 22.6 Å². The first-order chi connectivity index (χ1) is 12.6. The van der Waals surface area contributed by atoms with Crippen molar-refractivity contribution in [1.29, 1.82) is 0 Å². The van der Waals surface area contributed by atoms with E-state index in [4.69, 9.17) is 14.2 Å². The highest BCUT2D eigenvalue weighted by Gasteiger charge is 2.22. The first-order valence-electron chi connectivity index (χ1n) is 8.37. The monoisotopic (exact) mass is 354 g/mol. The van der Waals surface area contributed by atoms with Crippen LogP contribution in [0.25, 0.3) is 0 Å². The van der Waals surface area contributed by atoms with Crippen LogP contribution in [0.4, 0.5) is 0 Å². The Morgan fingerprint density at radius 1 is 1.00 bits per heavy atom. The van der Waals surface area contributed by atoms with Crippen molar-refractivity contribution in [2.24, 2.45) is 5.10 Å². The van der Waals surface area contributed by atoms with E-state index < -0.39 is 0 Å². The van der Waals surface area contributed by atoms with Crippen LogP contribution >= 0.6 is 0 Å². The molecule has 2 aromatic carbocycles. The molecule has 0 saturated carbocycles. The second-order valence-corrected chi connectivity index (χ2v) is 5.91. The van der Waals surface area contributed by atoms with Gasteiger partial charge in [0.1, 0.15) is 5.75 Å². The van der Waals surface area contributed by atoms with E-state index in [1.165, 1.54) is 5.01 Å². The molecule has 6 nitrogen and oxygen atoms in total. The smallest absolute Gasteiger partial charge is 0.247 e. The lowest BCUT2D eigenvalue weighted by Crippen LogP contribution is -2.25. The maximum atomic E-state index is 12.5. The van der Waals surface area contributed by atoms with E-state index in [0.29, 0.717) is 30.9 Å². The fourth-order valence-electron chi connectivity index (χ4n) is 2.87. The summed E-state index contributed by atoms with van der Waals surface area (Å²) in [5.41, 5.74) is 2.74. The molecule has 6 heteroatoms. The van der Waals surface area contributed by atoms with E-state index >= 15 is 0 Å². The standard InChI is InChI=1S/C20H22N2O4/c1-24-16-7-4-14(5-8-16)12-20(23)22-11-10-17(21-22)15-6-9-18(25-2)19(13-15)26-3/h4-9,13H,10-12H2,1-3H3. The number of rotatable bonds is 6. The second-order valence-electron chi connectivity index (χ2n) is 5.91. The van der Waals surface area contributed by atoms with Gasteiger partial charge >= 0.3 is 0 Å². The minimum Gasteiger partial charge on any atom is -0.497 e. The second kappa shape index (κ2) is 7.91. The van der Waals surface area contributed by atoms with Gasteiger partial charge < -0.3 is 14.2 Å². The predicted octanol–water partition coefficient (Wildman–Crippen LogP) is 2.89. The van der Waals surface area contributed by atoms with Crippen molar-refractivity contribution in [2.75, 3.05) is 27.9 Å². The topological polar surface area (TPSA) is 60.4 Å². The SMILES string of the molecule is COc1ccc(CC(=O)N2CCC(c3ccc(OC)c(OC)c3)=N2)cc1. The van der Waals surface area contributed by atoms with Crippen LogP contribution in [0, 0.1) is 0 Å². The summed E-state index contributed by atoms with van der Waals surface area (Å²) in [6.07, 6.45) is 1.02. The Morgan fingerprint density at radius 2 is 1.73 bits per heavy atom. The van der Waals surface area contributed by atoms with Crippen LogP contribution in [0.2, 0.25) is 0 Å². The molecule has 1 aliphatic heterocycles. The number of nitrogens with zero attached hydrogens (tertiary/aromatic N) is 2. The molecule has 0 aromatic heterocycles. The van der Waals surface area contributed by atoms with Crippen molar-refractivity contribution >= 4 is 11.6 Å². The number of carbonyl (C=O) groups excluding carboxylic acids is 1. The van der Waals surface area contributed by atoms with Gasteiger partial charge in [-0.3, -0.25) is 4.79 Å². The van der Waals surface area contributed by atoms with Crippen LogP contribution in [-0.4, -0.2) is 44.5 Å². The Morgan fingerprint density at radius 3 is 2.38 bits per heavy atom. The summed E-state index contributed by atoms with van der Waals surface area (Å²) < 4.78 is 15.7. The Labute approximate surface area is 153 Å². The molecule has 1 aliphatic rings. The lowest BCUT2D eigenvalue weighted by Gasteiger charge is -2.11. The van der Waals surface area contributed by atoms with Gasteiger partial charge in [0, 0.05) is 12.0 Å². The maximum absolute atomic E-state index is 12.5. The molecular weight excluding hydrogens is 332 g/mol. The van der Waals surface area contributed by atoms with Crippen LogP contribution in [-0.2, 0) is 11.2 Å². The third-order valence-electron chi connectivity index (χ3n) is 4.32. The number of hydrogen-bond acceptors (Lipinski definition) is 5. The number of benzene rings is 2. The van der Waals surface area contributed by atoms with Gasteiger partial charge in [-0.1, -0.05) is 12.1 Å². The molecule has 0 aliphatic carbocycles. The van der Waals surface area contributed by atoms with E-state index in [2.05, 4.69) is 5.10 Å². The maximum Gasteiger partial charge on any atom is 0.247 e. The number of hydrogen-bond donors (Lipinski definition) is 0. The molecule has 0 N–H and O–H groups in total. The highest BCUT2D eigenvalue weighted by molar-refractivity contribution is 6.03. The van der Waals surface area contributed by atoms with Gasteiger partial charge in [-0.15, -0.1) is 0 Å². The number of hydrazone groups is 1. The predicted molar refractivity (Wildman–Crippen MR) is 99.1 cm³/mol. The lowest BCUT2D eigenvalue weighted by atomic mass is 10.1. The molecule has 0 atom stereocenters. The van der Waals surface area contributed by atoms with Crippen LogP contribution in [0.5, 0.6) is 17.2 Å². The molecule has 3 rings (SSSR count). The minimum atomic E-state index is -0.0226. The molecule has 1 amide bonds. The third kappa shape index (κ3) is 3.79. The summed E-state index contributed by atoms with van der Waals surface area (Å²) in [4.78, 5) is 12.5. The molecule has 0 fully saturated rings. The van der Waals surface area contributed by atoms with E-state index in [-0.39, 0.29) is 5.91 Å². The van der Waals surface area contributed by atoms with Crippen molar-refractivity contribution < 1.29 is 19.0 Å². The highest BCUT2D eigenvalue weighted by Crippen LogP contribution is 2.29. The number of ether oxygens (including phenoxy) is 3. The normalized spacial score (nSPS) is 13.3. The molecule has 0 bridgehead atoms.